The minimum atomic E-state index is -0.778. The number of nitro benzene ring substituents is 1. The van der Waals surface area contributed by atoms with Gasteiger partial charge in [0, 0.05) is 12.1 Å². The lowest BCUT2D eigenvalue weighted by Gasteiger charge is -2.28. The third kappa shape index (κ3) is 1.91. The number of non-ortho nitro benzene ring substituents is 1. The van der Waals surface area contributed by atoms with Gasteiger partial charge in [-0.1, -0.05) is 0 Å². The van der Waals surface area contributed by atoms with Crippen LogP contribution in [0, 0.1) is 10.1 Å². The fourth-order valence-corrected chi connectivity index (χ4v) is 2.60. The van der Waals surface area contributed by atoms with Crippen molar-refractivity contribution in [2.24, 2.45) is 0 Å². The molecule has 6 heteroatoms. The van der Waals surface area contributed by atoms with E-state index in [9.17, 15) is 14.9 Å². The molecular formula is C15H13N3O3. The number of nitro groups is 1. The first-order valence-corrected chi connectivity index (χ1v) is 6.50. The van der Waals surface area contributed by atoms with E-state index in [0.29, 0.717) is 28.0 Å². The monoisotopic (exact) mass is 283 g/mol. The van der Waals surface area contributed by atoms with Crippen molar-refractivity contribution in [1.29, 1.82) is 0 Å². The predicted octanol–water partition coefficient (Wildman–Crippen LogP) is 2.80. The van der Waals surface area contributed by atoms with Gasteiger partial charge >= 0.3 is 0 Å². The van der Waals surface area contributed by atoms with Crippen molar-refractivity contribution in [3.8, 4) is 0 Å². The number of hydrogen-bond acceptors (Lipinski definition) is 5. The minimum Gasteiger partial charge on any atom is -0.294 e. The van der Waals surface area contributed by atoms with Crippen LogP contribution in [0.5, 0.6) is 0 Å². The van der Waals surface area contributed by atoms with E-state index in [2.05, 4.69) is 9.97 Å². The van der Waals surface area contributed by atoms with Gasteiger partial charge in [0.2, 0.25) is 0 Å². The Morgan fingerprint density at radius 2 is 1.90 bits per heavy atom. The highest BCUT2D eigenvalue weighted by molar-refractivity contribution is 6.08. The molecule has 3 rings (SSSR count). The number of allylic oxidation sites excluding steroid dienone is 1. The zero-order valence-corrected chi connectivity index (χ0v) is 11.9. The number of rotatable bonds is 1. The molecule has 2 aromatic rings. The van der Waals surface area contributed by atoms with Crippen LogP contribution in [0.4, 0.5) is 5.69 Å². The maximum atomic E-state index is 12.3. The van der Waals surface area contributed by atoms with E-state index in [4.69, 9.17) is 0 Å². The van der Waals surface area contributed by atoms with Crippen molar-refractivity contribution in [2.75, 3.05) is 0 Å². The van der Waals surface area contributed by atoms with Crippen LogP contribution in [-0.4, -0.2) is 20.7 Å². The lowest BCUT2D eigenvalue weighted by Crippen LogP contribution is -2.34. The molecule has 0 unspecified atom stereocenters. The van der Waals surface area contributed by atoms with E-state index in [0.717, 1.165) is 0 Å². The molecule has 1 aromatic carbocycles. The average molecular weight is 283 g/mol. The van der Waals surface area contributed by atoms with Gasteiger partial charge in [0.05, 0.1) is 32.8 Å². The van der Waals surface area contributed by atoms with Gasteiger partial charge in [0.15, 0.2) is 5.78 Å². The van der Waals surface area contributed by atoms with E-state index in [-0.39, 0.29) is 11.5 Å². The normalized spacial score (nSPS) is 16.5. The molecular weight excluding hydrogens is 270 g/mol. The van der Waals surface area contributed by atoms with Gasteiger partial charge < -0.3 is 0 Å². The summed E-state index contributed by atoms with van der Waals surface area (Å²) in [6.07, 6.45) is 1.72. The number of Topliss-reactive ketones (excluding diaryl/α,β-unsaturated/α-hetero) is 1. The largest absolute Gasteiger partial charge is 0.294 e. The number of carbonyl (C=O) groups excluding carboxylic acids is 1. The zero-order valence-electron chi connectivity index (χ0n) is 11.9. The topological polar surface area (TPSA) is 86.0 Å². The molecule has 1 aliphatic rings. The van der Waals surface area contributed by atoms with Gasteiger partial charge in [0.25, 0.3) is 5.69 Å². The summed E-state index contributed by atoms with van der Waals surface area (Å²) in [5.41, 5.74) is 2.04. The van der Waals surface area contributed by atoms with E-state index >= 15 is 0 Å². The first kappa shape index (κ1) is 13.4. The van der Waals surface area contributed by atoms with Crippen LogP contribution < -0.4 is 0 Å². The average Bonchev–Trinajstić information content (AvgIpc) is 2.43. The van der Waals surface area contributed by atoms with Gasteiger partial charge in [0.1, 0.15) is 0 Å². The molecule has 0 atom stereocenters. The van der Waals surface area contributed by atoms with Gasteiger partial charge in [-0.05, 0) is 38.5 Å². The second kappa shape index (κ2) is 4.18. The number of benzene rings is 1. The highest BCUT2D eigenvalue weighted by atomic mass is 16.6. The SMILES string of the molecule is CC1=Cc2nc3ccc([N+](=O)[O-])cc3nc2C(C)(C)C1=O. The van der Waals surface area contributed by atoms with Crippen LogP contribution in [0.15, 0.2) is 23.8 Å². The second-order valence-electron chi connectivity index (χ2n) is 5.67. The Hall–Kier alpha value is -2.63. The number of ketones is 1. The first-order chi connectivity index (χ1) is 9.80. The Kier molecular flexibility index (Phi) is 2.66. The molecule has 0 amide bonds. The molecule has 0 fully saturated rings. The van der Waals surface area contributed by atoms with Crippen molar-refractivity contribution in [3.05, 3.63) is 45.3 Å². The Morgan fingerprint density at radius 1 is 1.19 bits per heavy atom. The molecule has 0 radical (unpaired) electrons. The van der Waals surface area contributed by atoms with Gasteiger partial charge in [-0.15, -0.1) is 0 Å². The van der Waals surface area contributed by atoms with Crippen molar-refractivity contribution < 1.29 is 9.72 Å². The maximum Gasteiger partial charge on any atom is 0.271 e. The molecule has 21 heavy (non-hydrogen) atoms. The van der Waals surface area contributed by atoms with Crippen LogP contribution in [0.3, 0.4) is 0 Å². The number of fused-ring (bicyclic) bond motifs is 2. The minimum absolute atomic E-state index is 0.00548. The Labute approximate surface area is 120 Å². The van der Waals surface area contributed by atoms with Crippen LogP contribution >= 0.6 is 0 Å². The third-order valence-corrected chi connectivity index (χ3v) is 3.76. The molecule has 106 valence electrons. The predicted molar refractivity (Wildman–Crippen MR) is 77.9 cm³/mol. The second-order valence-corrected chi connectivity index (χ2v) is 5.67. The smallest absolute Gasteiger partial charge is 0.271 e. The Balaban J connectivity index is 2.32. The molecule has 1 heterocycles. The summed E-state index contributed by atoms with van der Waals surface area (Å²) in [4.78, 5) is 31.6. The van der Waals surface area contributed by atoms with Crippen LogP contribution in [-0.2, 0) is 10.2 Å². The Morgan fingerprint density at radius 3 is 2.57 bits per heavy atom. The fourth-order valence-electron chi connectivity index (χ4n) is 2.60. The standard InChI is InChI=1S/C15H13N3O3/c1-8-6-12-13(15(2,3)14(8)19)17-11-7-9(18(20)21)4-5-10(11)16-12/h4-7H,1-3H3. The molecule has 0 spiro atoms. The van der Waals surface area contributed by atoms with E-state index < -0.39 is 10.3 Å². The van der Waals surface area contributed by atoms with E-state index in [1.807, 2.05) is 0 Å². The van der Waals surface area contributed by atoms with Crippen molar-refractivity contribution >= 4 is 28.6 Å². The van der Waals surface area contributed by atoms with Crippen molar-refractivity contribution in [3.63, 3.8) is 0 Å². The van der Waals surface area contributed by atoms with Crippen LogP contribution in [0.1, 0.15) is 32.2 Å². The highest BCUT2D eigenvalue weighted by Gasteiger charge is 2.38. The Bertz CT molecular complexity index is 837. The van der Waals surface area contributed by atoms with Crippen molar-refractivity contribution in [2.45, 2.75) is 26.2 Å². The third-order valence-electron chi connectivity index (χ3n) is 3.76. The van der Waals surface area contributed by atoms with Crippen LogP contribution in [0.25, 0.3) is 17.1 Å². The molecule has 0 bridgehead atoms. The van der Waals surface area contributed by atoms with E-state index in [1.54, 1.807) is 32.9 Å². The molecule has 1 aliphatic carbocycles. The summed E-state index contributed by atoms with van der Waals surface area (Å²) < 4.78 is 0. The lowest BCUT2D eigenvalue weighted by atomic mass is 9.76. The fraction of sp³-hybridized carbons (Fsp3) is 0.267. The summed E-state index contributed by atoms with van der Waals surface area (Å²) in [5, 5.41) is 10.8. The van der Waals surface area contributed by atoms with Crippen molar-refractivity contribution in [1.82, 2.24) is 9.97 Å². The number of nitrogens with zero attached hydrogens (tertiary/aromatic N) is 3. The van der Waals surface area contributed by atoms with Gasteiger partial charge in [-0.2, -0.15) is 0 Å². The molecule has 0 saturated carbocycles. The molecule has 1 aromatic heterocycles. The zero-order chi connectivity index (χ0) is 15.4. The molecule has 0 aliphatic heterocycles. The summed E-state index contributed by atoms with van der Waals surface area (Å²) in [5.74, 6) is -0.00548. The number of carbonyl (C=O) groups is 1. The summed E-state index contributed by atoms with van der Waals surface area (Å²) in [7, 11) is 0. The highest BCUT2D eigenvalue weighted by Crippen LogP contribution is 2.34. The molecule has 0 saturated heterocycles. The summed E-state index contributed by atoms with van der Waals surface area (Å²) in [6, 6.07) is 4.36. The number of hydrogen-bond donors (Lipinski definition) is 0. The van der Waals surface area contributed by atoms with Gasteiger partial charge in [-0.3, -0.25) is 14.9 Å². The van der Waals surface area contributed by atoms with E-state index in [1.165, 1.54) is 12.1 Å². The summed E-state index contributed by atoms with van der Waals surface area (Å²) >= 11 is 0. The summed E-state index contributed by atoms with van der Waals surface area (Å²) in [6.45, 7) is 5.35. The molecule has 6 nitrogen and oxygen atoms in total. The van der Waals surface area contributed by atoms with Gasteiger partial charge in [-0.25, -0.2) is 9.97 Å². The number of aromatic nitrogens is 2. The maximum absolute atomic E-state index is 12.3. The molecule has 0 N–H and O–H groups in total. The first-order valence-electron chi connectivity index (χ1n) is 6.50. The van der Waals surface area contributed by atoms with Crippen LogP contribution in [0.2, 0.25) is 0 Å². The quantitative estimate of drug-likeness (QED) is 0.593. The lowest BCUT2D eigenvalue weighted by molar-refractivity contribution is -0.384.